The van der Waals surface area contributed by atoms with Gasteiger partial charge in [0.05, 0.1) is 0 Å². The maximum Gasteiger partial charge on any atom is 0.317 e. The van der Waals surface area contributed by atoms with Crippen LogP contribution in [0.2, 0.25) is 0 Å². The van der Waals surface area contributed by atoms with Crippen LogP contribution in [0.15, 0.2) is 24.3 Å². The normalized spacial score (nSPS) is 14.7. The number of carbonyl (C=O) groups excluding carboxylic acids is 2. The van der Waals surface area contributed by atoms with E-state index in [1.807, 2.05) is 43.1 Å². The Bertz CT molecular complexity index is 539. The van der Waals surface area contributed by atoms with E-state index in [0.29, 0.717) is 32.7 Å². The highest BCUT2D eigenvalue weighted by atomic mass is 16.2. The molecule has 1 aliphatic rings. The van der Waals surface area contributed by atoms with Crippen LogP contribution in [0.5, 0.6) is 0 Å². The fourth-order valence-electron chi connectivity index (χ4n) is 2.75. The second-order valence-electron chi connectivity index (χ2n) is 5.63. The van der Waals surface area contributed by atoms with E-state index in [2.05, 4.69) is 10.6 Å². The zero-order valence-corrected chi connectivity index (χ0v) is 14.0. The third kappa shape index (κ3) is 4.45. The van der Waals surface area contributed by atoms with Gasteiger partial charge in [-0.15, -0.1) is 0 Å². The molecule has 1 saturated heterocycles. The Kier molecular flexibility index (Phi) is 6.40. The van der Waals surface area contributed by atoms with Gasteiger partial charge in [0, 0.05) is 38.3 Å². The van der Waals surface area contributed by atoms with Gasteiger partial charge in [0.1, 0.15) is 0 Å². The Labute approximate surface area is 137 Å². The van der Waals surface area contributed by atoms with E-state index in [-0.39, 0.29) is 11.9 Å². The van der Waals surface area contributed by atoms with Gasteiger partial charge in [-0.3, -0.25) is 4.79 Å². The van der Waals surface area contributed by atoms with Crippen LogP contribution in [0.1, 0.15) is 22.8 Å². The van der Waals surface area contributed by atoms with E-state index in [1.165, 1.54) is 0 Å². The highest BCUT2D eigenvalue weighted by Gasteiger charge is 2.25. The average molecular weight is 318 g/mol. The van der Waals surface area contributed by atoms with Gasteiger partial charge in [-0.25, -0.2) is 4.79 Å². The van der Waals surface area contributed by atoms with E-state index in [9.17, 15) is 9.59 Å². The van der Waals surface area contributed by atoms with Crippen LogP contribution in [-0.4, -0.2) is 68.1 Å². The second-order valence-corrected chi connectivity index (χ2v) is 5.63. The molecule has 2 rings (SSSR count). The molecular weight excluding hydrogens is 292 g/mol. The summed E-state index contributed by atoms with van der Waals surface area (Å²) in [4.78, 5) is 28.2. The number of likely N-dealkylation sites (N-methyl/N-ethyl adjacent to an activating group) is 1. The van der Waals surface area contributed by atoms with Crippen LogP contribution in [0.3, 0.4) is 0 Å². The van der Waals surface area contributed by atoms with Gasteiger partial charge >= 0.3 is 6.03 Å². The number of hydrogen-bond acceptors (Lipinski definition) is 3. The first-order chi connectivity index (χ1) is 11.2. The Morgan fingerprint density at radius 3 is 2.39 bits per heavy atom. The van der Waals surface area contributed by atoms with Crippen molar-refractivity contribution in [3.8, 4) is 0 Å². The van der Waals surface area contributed by atoms with Crippen molar-refractivity contribution >= 4 is 11.9 Å². The van der Waals surface area contributed by atoms with Gasteiger partial charge in [0.15, 0.2) is 0 Å². The molecule has 1 aromatic carbocycles. The molecule has 6 heteroatoms. The van der Waals surface area contributed by atoms with Crippen molar-refractivity contribution in [2.24, 2.45) is 0 Å². The van der Waals surface area contributed by atoms with Gasteiger partial charge in [-0.05, 0) is 38.6 Å². The lowest BCUT2D eigenvalue weighted by Crippen LogP contribution is -2.53. The molecule has 23 heavy (non-hydrogen) atoms. The molecule has 0 aromatic heterocycles. The Hall–Kier alpha value is -2.08. The predicted molar refractivity (Wildman–Crippen MR) is 90.6 cm³/mol. The minimum atomic E-state index is -0.0472. The minimum Gasteiger partial charge on any atom is -0.338 e. The van der Waals surface area contributed by atoms with Gasteiger partial charge in [-0.2, -0.15) is 0 Å². The van der Waals surface area contributed by atoms with Crippen molar-refractivity contribution in [2.45, 2.75) is 13.3 Å². The number of piperazine rings is 1. The predicted octanol–water partition coefficient (Wildman–Crippen LogP) is 0.936. The zero-order valence-electron chi connectivity index (χ0n) is 14.0. The van der Waals surface area contributed by atoms with Crippen molar-refractivity contribution in [3.63, 3.8) is 0 Å². The third-order valence-corrected chi connectivity index (χ3v) is 4.07. The Balaban J connectivity index is 1.98. The van der Waals surface area contributed by atoms with Crippen LogP contribution in [0, 0.1) is 0 Å². The standard InChI is InChI=1S/C17H26N4O2/c1-3-19-17(23)21-12-10-20(11-13-21)16(22)15-7-5-4-6-14(15)8-9-18-2/h4-7,18H,3,8-13H2,1-2H3,(H,19,23). The molecule has 0 spiro atoms. The molecule has 0 atom stereocenters. The summed E-state index contributed by atoms with van der Waals surface area (Å²) in [6.07, 6.45) is 0.831. The number of rotatable bonds is 5. The molecule has 0 radical (unpaired) electrons. The van der Waals surface area contributed by atoms with E-state index < -0.39 is 0 Å². The first kappa shape index (κ1) is 17.3. The highest BCUT2D eigenvalue weighted by molar-refractivity contribution is 5.95. The van der Waals surface area contributed by atoms with E-state index in [1.54, 1.807) is 4.90 Å². The number of benzene rings is 1. The van der Waals surface area contributed by atoms with Gasteiger partial charge < -0.3 is 20.4 Å². The molecule has 126 valence electrons. The molecule has 1 aliphatic heterocycles. The fraction of sp³-hybridized carbons (Fsp3) is 0.529. The minimum absolute atomic E-state index is 0.0472. The van der Waals surface area contributed by atoms with E-state index in [4.69, 9.17) is 0 Å². The number of amides is 3. The van der Waals surface area contributed by atoms with Crippen LogP contribution in [0.25, 0.3) is 0 Å². The SMILES string of the molecule is CCNC(=O)N1CCN(C(=O)c2ccccc2CCNC)CC1. The van der Waals surface area contributed by atoms with Crippen LogP contribution >= 0.6 is 0 Å². The van der Waals surface area contributed by atoms with E-state index in [0.717, 1.165) is 24.1 Å². The molecule has 0 saturated carbocycles. The first-order valence-electron chi connectivity index (χ1n) is 8.22. The summed E-state index contributed by atoms with van der Waals surface area (Å²) in [5.41, 5.74) is 1.84. The molecular formula is C17H26N4O2. The molecule has 0 aliphatic carbocycles. The smallest absolute Gasteiger partial charge is 0.317 e. The van der Waals surface area contributed by atoms with Crippen molar-refractivity contribution in [1.29, 1.82) is 0 Å². The molecule has 0 bridgehead atoms. The lowest BCUT2D eigenvalue weighted by molar-refractivity contribution is 0.0664. The molecule has 0 unspecified atom stereocenters. The quantitative estimate of drug-likeness (QED) is 0.849. The Morgan fingerprint density at radius 2 is 1.74 bits per heavy atom. The monoisotopic (exact) mass is 318 g/mol. The summed E-state index contributed by atoms with van der Waals surface area (Å²) in [5.74, 6) is 0.0623. The summed E-state index contributed by atoms with van der Waals surface area (Å²) >= 11 is 0. The van der Waals surface area contributed by atoms with E-state index >= 15 is 0 Å². The summed E-state index contributed by atoms with van der Waals surface area (Å²) in [6, 6.07) is 7.73. The lowest BCUT2D eigenvalue weighted by atomic mass is 10.0. The summed E-state index contributed by atoms with van der Waals surface area (Å²) in [7, 11) is 1.91. The summed E-state index contributed by atoms with van der Waals surface area (Å²) in [5, 5.41) is 5.92. The van der Waals surface area contributed by atoms with Crippen LogP contribution in [-0.2, 0) is 6.42 Å². The zero-order chi connectivity index (χ0) is 16.7. The summed E-state index contributed by atoms with van der Waals surface area (Å²) < 4.78 is 0. The molecule has 1 aromatic rings. The van der Waals surface area contributed by atoms with Gasteiger partial charge in [0.2, 0.25) is 0 Å². The maximum atomic E-state index is 12.8. The number of nitrogens with zero attached hydrogens (tertiary/aromatic N) is 2. The topological polar surface area (TPSA) is 64.7 Å². The summed E-state index contributed by atoms with van der Waals surface area (Å²) in [6.45, 7) is 5.69. The highest BCUT2D eigenvalue weighted by Crippen LogP contribution is 2.14. The molecule has 3 amide bonds. The molecule has 6 nitrogen and oxygen atoms in total. The molecule has 2 N–H and O–H groups in total. The second kappa shape index (κ2) is 8.53. The number of carbonyl (C=O) groups is 2. The third-order valence-electron chi connectivity index (χ3n) is 4.07. The number of urea groups is 1. The van der Waals surface area contributed by atoms with Crippen molar-refractivity contribution in [1.82, 2.24) is 20.4 Å². The van der Waals surface area contributed by atoms with Gasteiger partial charge in [0.25, 0.3) is 5.91 Å². The molecule has 1 fully saturated rings. The van der Waals surface area contributed by atoms with Gasteiger partial charge in [-0.1, -0.05) is 18.2 Å². The number of hydrogen-bond donors (Lipinski definition) is 2. The average Bonchev–Trinajstić information content (AvgIpc) is 2.60. The van der Waals surface area contributed by atoms with Crippen molar-refractivity contribution in [2.75, 3.05) is 46.3 Å². The van der Waals surface area contributed by atoms with Crippen LogP contribution < -0.4 is 10.6 Å². The molecule has 1 heterocycles. The first-order valence-corrected chi connectivity index (χ1v) is 8.22. The number of nitrogens with one attached hydrogen (secondary N) is 2. The largest absolute Gasteiger partial charge is 0.338 e. The fourth-order valence-corrected chi connectivity index (χ4v) is 2.75. The van der Waals surface area contributed by atoms with Crippen molar-refractivity contribution in [3.05, 3.63) is 35.4 Å². The van der Waals surface area contributed by atoms with Crippen molar-refractivity contribution < 1.29 is 9.59 Å². The maximum absolute atomic E-state index is 12.8. The Morgan fingerprint density at radius 1 is 1.09 bits per heavy atom. The lowest BCUT2D eigenvalue weighted by Gasteiger charge is -2.35. The van der Waals surface area contributed by atoms with Crippen LogP contribution in [0.4, 0.5) is 4.79 Å².